The topological polar surface area (TPSA) is 85.7 Å². The van der Waals surface area contributed by atoms with Gasteiger partial charge in [0.1, 0.15) is 5.84 Å². The fraction of sp³-hybridized carbons (Fsp3) is 0.333. The van der Waals surface area contributed by atoms with Gasteiger partial charge < -0.3 is 15.5 Å². The Morgan fingerprint density at radius 1 is 1.18 bits per heavy atom. The number of likely N-dealkylation sites (tertiary alicyclic amines) is 1. The lowest BCUT2D eigenvalue weighted by Crippen LogP contribution is -2.35. The van der Waals surface area contributed by atoms with Gasteiger partial charge in [-0.3, -0.25) is 14.6 Å². The van der Waals surface area contributed by atoms with Crippen molar-refractivity contribution in [2.45, 2.75) is 25.3 Å². The van der Waals surface area contributed by atoms with Gasteiger partial charge in [-0.05, 0) is 83.8 Å². The summed E-state index contributed by atoms with van der Waals surface area (Å²) in [5.74, 6) is 0.481. The van der Waals surface area contributed by atoms with Crippen molar-refractivity contribution in [3.8, 4) is 0 Å². The van der Waals surface area contributed by atoms with Crippen molar-refractivity contribution in [2.75, 3.05) is 26.7 Å². The molecule has 3 N–H and O–H groups in total. The molecule has 3 heterocycles. The third kappa shape index (κ3) is 5.48. The number of hydrogen-bond acceptors (Lipinski definition) is 3. The zero-order valence-corrected chi connectivity index (χ0v) is 19.9. The molecule has 0 bridgehead atoms. The van der Waals surface area contributed by atoms with Gasteiger partial charge >= 0.3 is 5.97 Å². The zero-order chi connectivity index (χ0) is 24.1. The van der Waals surface area contributed by atoms with Crippen LogP contribution in [0.1, 0.15) is 40.4 Å². The fourth-order valence-electron chi connectivity index (χ4n) is 4.64. The molecule has 0 unspecified atom stereocenters. The van der Waals surface area contributed by atoms with Gasteiger partial charge in [0.05, 0.1) is 5.56 Å². The van der Waals surface area contributed by atoms with Crippen LogP contribution in [0.3, 0.4) is 0 Å². The fourth-order valence-corrected chi connectivity index (χ4v) is 4.64. The minimum absolute atomic E-state index is 0.343. The van der Waals surface area contributed by atoms with Gasteiger partial charge in [0.15, 0.2) is 0 Å². The maximum atomic E-state index is 11.1. The molecule has 0 atom stereocenters. The van der Waals surface area contributed by atoms with Crippen molar-refractivity contribution >= 4 is 24.0 Å². The molecule has 1 saturated heterocycles. The average molecular weight is 460 g/mol. The van der Waals surface area contributed by atoms with Gasteiger partial charge in [-0.2, -0.15) is 0 Å². The summed E-state index contributed by atoms with van der Waals surface area (Å²) in [6.07, 6.45) is 8.19. The van der Waals surface area contributed by atoms with Crippen LogP contribution in [0.4, 0.5) is 0 Å². The van der Waals surface area contributed by atoms with Crippen LogP contribution in [0.5, 0.6) is 0 Å². The number of carboxylic acids is 1. The summed E-state index contributed by atoms with van der Waals surface area (Å²) in [5, 5.41) is 17.9. The van der Waals surface area contributed by atoms with Crippen molar-refractivity contribution in [3.63, 3.8) is 0 Å². The van der Waals surface area contributed by atoms with Crippen molar-refractivity contribution < 1.29 is 9.90 Å². The standard InChI is InChI=1S/C27H33N5O2/c1-19-16-24(31(3)30-13-10-25(19)23-8-9-26(28-2)29-17-23)18-32-14-11-21(12-15-32)20-4-6-22(7-5-20)27(33)34/h4-10,13,16,21,30H,1,11-12,14-15,17-18H2,2-3H3,(H,28,29)(H,33,34)/b13-10?,24-16?,25-23-. The molecule has 2 aliphatic rings. The number of rotatable bonds is 4. The Morgan fingerprint density at radius 3 is 2.53 bits per heavy atom. The van der Waals surface area contributed by atoms with E-state index in [9.17, 15) is 4.79 Å². The first-order valence-electron chi connectivity index (χ1n) is 11.7. The molecule has 0 radical (unpaired) electrons. The first-order valence-corrected chi connectivity index (χ1v) is 11.7. The molecule has 0 aliphatic carbocycles. The first-order chi connectivity index (χ1) is 16.4. The van der Waals surface area contributed by atoms with E-state index in [4.69, 9.17) is 5.11 Å². The number of amidine groups is 1. The number of benzene rings is 1. The average Bonchev–Trinajstić information content (AvgIpc) is 2.86. The number of aliphatic imine (C=N–C) groups is 1. The molecule has 7 heteroatoms. The molecule has 2 aromatic rings. The molecular formula is C27H33N5O2. The second-order valence-electron chi connectivity index (χ2n) is 8.89. The largest absolute Gasteiger partial charge is 0.478 e. The Bertz CT molecular complexity index is 1260. The predicted molar refractivity (Wildman–Crippen MR) is 137 cm³/mol. The van der Waals surface area contributed by atoms with Crippen LogP contribution in [0.25, 0.3) is 12.2 Å². The van der Waals surface area contributed by atoms with E-state index in [1.165, 1.54) is 16.8 Å². The molecule has 34 heavy (non-hydrogen) atoms. The Labute approximate surface area is 200 Å². The highest BCUT2D eigenvalue weighted by Crippen LogP contribution is 2.28. The van der Waals surface area contributed by atoms with E-state index < -0.39 is 5.97 Å². The lowest BCUT2D eigenvalue weighted by Gasteiger charge is -2.32. The van der Waals surface area contributed by atoms with Crippen LogP contribution in [-0.2, 0) is 13.6 Å². The van der Waals surface area contributed by atoms with Crippen LogP contribution >= 0.6 is 0 Å². The number of nitrogens with one attached hydrogen (secondary N) is 2. The van der Waals surface area contributed by atoms with Crippen LogP contribution in [0.15, 0.2) is 59.7 Å². The Balaban J connectivity index is 1.50. The van der Waals surface area contributed by atoms with E-state index in [1.807, 2.05) is 31.5 Å². The molecule has 1 fully saturated rings. The summed E-state index contributed by atoms with van der Waals surface area (Å²) in [6.45, 7) is 7.93. The molecule has 7 nitrogen and oxygen atoms in total. The minimum atomic E-state index is -0.878. The van der Waals surface area contributed by atoms with Gasteiger partial charge in [-0.1, -0.05) is 24.8 Å². The number of aryl methyl sites for hydroxylation is 1. The van der Waals surface area contributed by atoms with Crippen LogP contribution in [0, 0.1) is 0 Å². The Hall–Kier alpha value is -3.58. The monoisotopic (exact) mass is 459 g/mol. The summed E-state index contributed by atoms with van der Waals surface area (Å²) < 4.78 is 2.05. The van der Waals surface area contributed by atoms with E-state index >= 15 is 0 Å². The molecule has 1 aromatic carbocycles. The molecule has 0 amide bonds. The van der Waals surface area contributed by atoms with Crippen molar-refractivity contribution in [3.05, 3.63) is 82.0 Å². The number of nitrogens with zero attached hydrogens (tertiary/aromatic N) is 3. The number of H-pyrrole nitrogens is 1. The molecule has 4 rings (SSSR count). The SMILES string of the molecule is C=c1cc(CN2CCC(c3ccc(C(=O)O)cc3)CC2)n(C)[nH]cc/c1=C1\C=CC(=NC)NC1. The molecule has 0 saturated carbocycles. The van der Waals surface area contributed by atoms with E-state index in [0.29, 0.717) is 11.5 Å². The van der Waals surface area contributed by atoms with E-state index in [-0.39, 0.29) is 0 Å². The minimum Gasteiger partial charge on any atom is -0.478 e. The van der Waals surface area contributed by atoms with Crippen LogP contribution in [0.2, 0.25) is 0 Å². The second-order valence-corrected chi connectivity index (χ2v) is 8.89. The normalized spacial score (nSPS) is 19.6. The van der Waals surface area contributed by atoms with Gasteiger partial charge in [0.2, 0.25) is 0 Å². The number of piperidine rings is 1. The van der Waals surface area contributed by atoms with E-state index in [2.05, 4.69) is 49.8 Å². The maximum absolute atomic E-state index is 11.1. The zero-order valence-electron chi connectivity index (χ0n) is 19.9. The third-order valence-electron chi connectivity index (χ3n) is 6.73. The molecule has 1 aromatic heterocycles. The number of aromatic amines is 1. The second kappa shape index (κ2) is 10.6. The summed E-state index contributed by atoms with van der Waals surface area (Å²) in [7, 11) is 3.82. The summed E-state index contributed by atoms with van der Waals surface area (Å²) in [5.41, 5.74) is 3.93. The number of hydrogen-bond donors (Lipinski definition) is 3. The number of carboxylic acid groups (broad SMARTS) is 1. The van der Waals surface area contributed by atoms with Gasteiger partial charge in [0, 0.05) is 39.1 Å². The Morgan fingerprint density at radius 2 is 1.91 bits per heavy atom. The van der Waals surface area contributed by atoms with Gasteiger partial charge in [-0.25, -0.2) is 4.79 Å². The highest BCUT2D eigenvalue weighted by atomic mass is 16.4. The highest BCUT2D eigenvalue weighted by Gasteiger charge is 2.21. The van der Waals surface area contributed by atoms with Gasteiger partial charge in [-0.15, -0.1) is 0 Å². The molecule has 2 aliphatic heterocycles. The highest BCUT2D eigenvalue weighted by molar-refractivity contribution is 5.97. The predicted octanol–water partition coefficient (Wildman–Crippen LogP) is 2.30. The lowest BCUT2D eigenvalue weighted by molar-refractivity contribution is 0.0697. The third-order valence-corrected chi connectivity index (χ3v) is 6.73. The van der Waals surface area contributed by atoms with Crippen molar-refractivity contribution in [1.29, 1.82) is 0 Å². The molecular weight excluding hydrogens is 426 g/mol. The van der Waals surface area contributed by atoms with E-state index in [0.717, 1.165) is 55.3 Å². The first kappa shape index (κ1) is 23.6. The summed E-state index contributed by atoms with van der Waals surface area (Å²) in [6, 6.07) is 11.6. The van der Waals surface area contributed by atoms with Crippen LogP contribution in [-0.4, -0.2) is 58.3 Å². The summed E-state index contributed by atoms with van der Waals surface area (Å²) >= 11 is 0. The summed E-state index contributed by atoms with van der Waals surface area (Å²) in [4.78, 5) is 17.8. The maximum Gasteiger partial charge on any atom is 0.335 e. The lowest BCUT2D eigenvalue weighted by atomic mass is 9.89. The van der Waals surface area contributed by atoms with Crippen molar-refractivity contribution in [2.24, 2.45) is 12.0 Å². The van der Waals surface area contributed by atoms with Gasteiger partial charge in [0.25, 0.3) is 0 Å². The number of aromatic carboxylic acids is 1. The number of aromatic nitrogens is 2. The van der Waals surface area contributed by atoms with E-state index in [1.54, 1.807) is 19.2 Å². The van der Waals surface area contributed by atoms with Crippen molar-refractivity contribution in [1.82, 2.24) is 20.0 Å². The number of carbonyl (C=O) groups is 1. The van der Waals surface area contributed by atoms with Crippen LogP contribution < -0.4 is 15.8 Å². The Kier molecular flexibility index (Phi) is 7.33. The molecule has 0 spiro atoms. The quantitative estimate of drug-likeness (QED) is 0.655. The molecule has 178 valence electrons. The smallest absolute Gasteiger partial charge is 0.335 e.